The van der Waals surface area contributed by atoms with Gasteiger partial charge in [0.05, 0.1) is 10.4 Å². The summed E-state index contributed by atoms with van der Waals surface area (Å²) >= 11 is 8.80. The number of fused-ring (bicyclic) bond motifs is 1. The van der Waals surface area contributed by atoms with Crippen LogP contribution in [0.15, 0.2) is 68.8 Å². The van der Waals surface area contributed by atoms with Gasteiger partial charge in [-0.2, -0.15) is 0 Å². The van der Waals surface area contributed by atoms with Crippen LogP contribution < -0.4 is 16.0 Å². The van der Waals surface area contributed by atoms with E-state index in [0.29, 0.717) is 52.1 Å². The minimum Gasteiger partial charge on any atom is -0.356 e. The second-order valence-electron chi connectivity index (χ2n) is 8.40. The first-order chi connectivity index (χ1) is 18.1. The molecule has 8 nitrogen and oxygen atoms in total. The summed E-state index contributed by atoms with van der Waals surface area (Å²) in [5.74, 6) is -0.173. The summed E-state index contributed by atoms with van der Waals surface area (Å²) in [5.41, 5.74) is 2.03. The molecule has 0 atom stereocenters. The number of nitrogens with one attached hydrogen (secondary N) is 1. The van der Waals surface area contributed by atoms with Crippen molar-refractivity contribution in [3.63, 3.8) is 0 Å². The number of carbonyl (C=O) groups excluding carboxylic acids is 1. The average molecular weight is 595 g/mol. The van der Waals surface area contributed by atoms with E-state index in [2.05, 4.69) is 10.3 Å². The number of nitrogens with zero attached hydrogens (tertiary/aromatic N) is 2. The maximum Gasteiger partial charge on any atom is 0.272 e. The van der Waals surface area contributed by atoms with E-state index < -0.39 is 15.8 Å². The molecule has 0 spiro atoms. The Bertz CT molecular complexity index is 1620. The van der Waals surface area contributed by atoms with Crippen LogP contribution >= 0.6 is 34.7 Å². The standard InChI is InChI=1S/C25H24ClFN4O4S3/c26-20-14-18(27)6-5-17(20)15-37-25-30-21-10-13-36-23(21)24(33)31(25)12-1-2-22(32)29-11-9-16-3-7-19(8-4-16)38(28,34)35/h3-8,10,13-14H,1-2,9,11-12,15H2,(H,29,32)(H2,28,34,35). The Hall–Kier alpha value is -2.77. The van der Waals surface area contributed by atoms with Gasteiger partial charge in [-0.3, -0.25) is 14.2 Å². The number of thioether (sulfide) groups is 1. The monoisotopic (exact) mass is 594 g/mol. The fourth-order valence-electron chi connectivity index (χ4n) is 3.69. The molecular weight excluding hydrogens is 571 g/mol. The number of thiophene rings is 1. The molecule has 0 aliphatic rings. The quantitative estimate of drug-likeness (QED) is 0.197. The van der Waals surface area contributed by atoms with Crippen LogP contribution in [0.25, 0.3) is 10.2 Å². The molecule has 0 aliphatic carbocycles. The summed E-state index contributed by atoms with van der Waals surface area (Å²) < 4.78 is 38.2. The summed E-state index contributed by atoms with van der Waals surface area (Å²) in [6.07, 6.45) is 1.17. The lowest BCUT2D eigenvalue weighted by Gasteiger charge is -2.12. The van der Waals surface area contributed by atoms with Crippen molar-refractivity contribution in [2.24, 2.45) is 5.14 Å². The molecule has 1 amide bonds. The number of nitrogens with two attached hydrogens (primary N) is 1. The molecule has 2 aromatic carbocycles. The van der Waals surface area contributed by atoms with Crippen molar-refractivity contribution in [1.29, 1.82) is 0 Å². The molecule has 4 aromatic rings. The van der Waals surface area contributed by atoms with Gasteiger partial charge in [0.15, 0.2) is 5.16 Å². The zero-order chi connectivity index (χ0) is 27.3. The van der Waals surface area contributed by atoms with Gasteiger partial charge in [0.1, 0.15) is 10.5 Å². The molecule has 38 heavy (non-hydrogen) atoms. The van der Waals surface area contributed by atoms with Gasteiger partial charge < -0.3 is 5.32 Å². The molecule has 0 unspecified atom stereocenters. The fraction of sp³-hybridized carbons (Fsp3) is 0.240. The number of hydrogen-bond donors (Lipinski definition) is 2. The number of aromatic nitrogens is 2. The van der Waals surface area contributed by atoms with E-state index in [4.69, 9.17) is 16.7 Å². The Kier molecular flexibility index (Phi) is 9.21. The first-order valence-electron chi connectivity index (χ1n) is 11.5. The molecule has 0 bridgehead atoms. The molecule has 13 heteroatoms. The lowest BCUT2D eigenvalue weighted by atomic mass is 10.1. The van der Waals surface area contributed by atoms with E-state index in [-0.39, 0.29) is 22.8 Å². The van der Waals surface area contributed by atoms with Gasteiger partial charge in [-0.15, -0.1) is 11.3 Å². The number of primary sulfonamides is 1. The van der Waals surface area contributed by atoms with Crippen molar-refractivity contribution in [3.8, 4) is 0 Å². The number of hydrogen-bond acceptors (Lipinski definition) is 7. The van der Waals surface area contributed by atoms with Gasteiger partial charge in [-0.1, -0.05) is 41.6 Å². The van der Waals surface area contributed by atoms with E-state index in [1.807, 2.05) is 5.38 Å². The lowest BCUT2D eigenvalue weighted by molar-refractivity contribution is -0.121. The molecule has 2 aromatic heterocycles. The van der Waals surface area contributed by atoms with E-state index >= 15 is 0 Å². The normalized spacial score (nSPS) is 11.7. The van der Waals surface area contributed by atoms with Crippen LogP contribution in [0.1, 0.15) is 24.0 Å². The largest absolute Gasteiger partial charge is 0.356 e. The van der Waals surface area contributed by atoms with Crippen molar-refractivity contribution in [1.82, 2.24) is 14.9 Å². The Morgan fingerprint density at radius 3 is 2.66 bits per heavy atom. The van der Waals surface area contributed by atoms with Crippen LogP contribution in [-0.2, 0) is 33.5 Å². The lowest BCUT2D eigenvalue weighted by Crippen LogP contribution is -2.27. The number of amides is 1. The van der Waals surface area contributed by atoms with E-state index in [9.17, 15) is 22.4 Å². The van der Waals surface area contributed by atoms with Crippen LogP contribution in [0.5, 0.6) is 0 Å². The molecule has 3 N–H and O–H groups in total. The zero-order valence-electron chi connectivity index (χ0n) is 20.0. The maximum absolute atomic E-state index is 13.4. The Morgan fingerprint density at radius 1 is 1.18 bits per heavy atom. The van der Waals surface area contributed by atoms with Crippen molar-refractivity contribution in [3.05, 3.63) is 86.2 Å². The van der Waals surface area contributed by atoms with Gasteiger partial charge in [0.2, 0.25) is 15.9 Å². The summed E-state index contributed by atoms with van der Waals surface area (Å²) in [4.78, 5) is 30.2. The SMILES string of the molecule is NS(=O)(=O)c1ccc(CCNC(=O)CCCn2c(SCc3ccc(F)cc3Cl)nc3ccsc3c2=O)cc1. The third kappa shape index (κ3) is 7.20. The topological polar surface area (TPSA) is 124 Å². The van der Waals surface area contributed by atoms with E-state index in [0.717, 1.165) is 11.1 Å². The Morgan fingerprint density at radius 2 is 1.95 bits per heavy atom. The van der Waals surface area contributed by atoms with Crippen LogP contribution in [0, 0.1) is 5.82 Å². The predicted molar refractivity (Wildman–Crippen MR) is 149 cm³/mol. The minimum absolute atomic E-state index is 0.0362. The molecule has 2 heterocycles. The van der Waals surface area contributed by atoms with Crippen molar-refractivity contribution in [2.45, 2.75) is 41.6 Å². The second-order valence-corrected chi connectivity index (χ2v) is 12.2. The maximum atomic E-state index is 13.4. The predicted octanol–water partition coefficient (Wildman–Crippen LogP) is 4.33. The van der Waals surface area contributed by atoms with Gasteiger partial charge in [0, 0.05) is 30.3 Å². The number of halogens is 2. The second kappa shape index (κ2) is 12.4. The summed E-state index contributed by atoms with van der Waals surface area (Å²) in [6.45, 7) is 0.692. The highest BCUT2D eigenvalue weighted by Crippen LogP contribution is 2.27. The average Bonchev–Trinajstić information content (AvgIpc) is 3.34. The van der Waals surface area contributed by atoms with Gasteiger partial charge in [0.25, 0.3) is 5.56 Å². The third-order valence-corrected chi connectivity index (χ3v) is 8.87. The first-order valence-corrected chi connectivity index (χ1v) is 15.3. The fourth-order valence-corrected chi connectivity index (χ4v) is 6.33. The highest BCUT2D eigenvalue weighted by atomic mass is 35.5. The van der Waals surface area contributed by atoms with Crippen LogP contribution in [0.3, 0.4) is 0 Å². The highest BCUT2D eigenvalue weighted by molar-refractivity contribution is 7.98. The molecule has 0 saturated carbocycles. The van der Waals surface area contributed by atoms with Gasteiger partial charge in [-0.25, -0.2) is 22.9 Å². The van der Waals surface area contributed by atoms with Crippen molar-refractivity contribution in [2.75, 3.05) is 6.54 Å². The van der Waals surface area contributed by atoms with Gasteiger partial charge >= 0.3 is 0 Å². The Labute approximate surface area is 232 Å². The van der Waals surface area contributed by atoms with E-state index in [1.165, 1.54) is 47.4 Å². The summed E-state index contributed by atoms with van der Waals surface area (Å²) in [7, 11) is -3.74. The summed E-state index contributed by atoms with van der Waals surface area (Å²) in [5, 5.41) is 10.6. The highest BCUT2D eigenvalue weighted by Gasteiger charge is 2.14. The molecule has 0 saturated heterocycles. The van der Waals surface area contributed by atoms with Crippen molar-refractivity contribution < 1.29 is 17.6 Å². The molecule has 0 radical (unpaired) electrons. The van der Waals surface area contributed by atoms with Crippen molar-refractivity contribution >= 4 is 60.8 Å². The third-order valence-electron chi connectivity index (χ3n) is 5.68. The molecule has 200 valence electrons. The van der Waals surface area contributed by atoms with Crippen LogP contribution in [0.2, 0.25) is 5.02 Å². The zero-order valence-corrected chi connectivity index (χ0v) is 23.2. The van der Waals surface area contributed by atoms with Gasteiger partial charge in [-0.05, 0) is 59.7 Å². The number of rotatable bonds is 11. The van der Waals surface area contributed by atoms with Crippen LogP contribution in [0.4, 0.5) is 4.39 Å². The molecule has 0 aliphatic heterocycles. The molecule has 0 fully saturated rings. The molecular formula is C25H24ClFN4O4S3. The van der Waals surface area contributed by atoms with Crippen LogP contribution in [-0.4, -0.2) is 30.4 Å². The smallest absolute Gasteiger partial charge is 0.272 e. The minimum atomic E-state index is -3.74. The Balaban J connectivity index is 1.34. The summed E-state index contributed by atoms with van der Waals surface area (Å²) in [6, 6.07) is 12.2. The molecule has 4 rings (SSSR count). The van der Waals surface area contributed by atoms with E-state index in [1.54, 1.807) is 28.8 Å². The first kappa shape index (κ1) is 28.2. The number of carbonyl (C=O) groups is 1. The number of sulfonamides is 1. The number of benzene rings is 2.